The summed E-state index contributed by atoms with van der Waals surface area (Å²) in [7, 11) is 0. The Labute approximate surface area is 146 Å². The molecule has 3 aromatic rings. The molecule has 0 aliphatic heterocycles. The van der Waals surface area contributed by atoms with Crippen LogP contribution in [0, 0.1) is 0 Å². The number of nitrogens with zero attached hydrogens (tertiary/aromatic N) is 1. The number of aromatic amines is 1. The zero-order valence-electron chi connectivity index (χ0n) is 12.7. The molecule has 0 saturated heterocycles. The summed E-state index contributed by atoms with van der Waals surface area (Å²) in [6, 6.07) is 9.28. The number of carbonyl (C=O) groups is 2. The van der Waals surface area contributed by atoms with Crippen LogP contribution in [0.15, 0.2) is 41.1 Å². The standard InChI is InChI=1S/C16H16N4O2S2/c21-15(12-10-11(19-20-12)13-4-1-8-23-13)17-6-3-7-18-16(22)14-5-2-9-24-14/h1-2,4-5,8-10H,3,6-7H2,(H,17,21)(H,18,22)(H,19,20). The van der Waals surface area contributed by atoms with Crippen LogP contribution in [0.1, 0.15) is 26.6 Å². The molecular formula is C16H16N4O2S2. The van der Waals surface area contributed by atoms with Crippen LogP contribution in [0.4, 0.5) is 0 Å². The molecule has 0 unspecified atom stereocenters. The molecule has 0 bridgehead atoms. The topological polar surface area (TPSA) is 86.9 Å². The van der Waals surface area contributed by atoms with Crippen molar-refractivity contribution < 1.29 is 9.59 Å². The Kier molecular flexibility index (Phi) is 5.39. The van der Waals surface area contributed by atoms with Crippen molar-refractivity contribution in [3.8, 4) is 10.6 Å². The van der Waals surface area contributed by atoms with E-state index < -0.39 is 0 Å². The average Bonchev–Trinajstić information content (AvgIpc) is 3.35. The second kappa shape index (κ2) is 7.89. The van der Waals surface area contributed by atoms with Gasteiger partial charge in [-0.3, -0.25) is 14.7 Å². The van der Waals surface area contributed by atoms with E-state index >= 15 is 0 Å². The summed E-state index contributed by atoms with van der Waals surface area (Å²) in [5.41, 5.74) is 1.19. The molecule has 0 aliphatic carbocycles. The molecular weight excluding hydrogens is 344 g/mol. The lowest BCUT2D eigenvalue weighted by molar-refractivity contribution is 0.0948. The quantitative estimate of drug-likeness (QED) is 0.566. The molecule has 0 fully saturated rings. The second-order valence-corrected chi connectivity index (χ2v) is 6.88. The summed E-state index contributed by atoms with van der Waals surface area (Å²) in [5.74, 6) is -0.303. The van der Waals surface area contributed by atoms with Gasteiger partial charge in [0.1, 0.15) is 0 Å². The van der Waals surface area contributed by atoms with Gasteiger partial charge < -0.3 is 10.6 Å². The van der Waals surface area contributed by atoms with E-state index in [0.29, 0.717) is 30.1 Å². The van der Waals surface area contributed by atoms with Crippen molar-refractivity contribution in [3.05, 3.63) is 51.7 Å². The first-order valence-electron chi connectivity index (χ1n) is 7.43. The highest BCUT2D eigenvalue weighted by Gasteiger charge is 2.11. The van der Waals surface area contributed by atoms with Gasteiger partial charge in [-0.25, -0.2) is 0 Å². The Bertz CT molecular complexity index is 794. The van der Waals surface area contributed by atoms with Gasteiger partial charge in [0.2, 0.25) is 0 Å². The molecule has 0 atom stereocenters. The molecule has 3 aromatic heterocycles. The molecule has 6 nitrogen and oxygen atoms in total. The number of rotatable bonds is 7. The SMILES string of the molecule is O=C(NCCCNC(=O)c1cccs1)c1cc(-c2cccs2)[nH]n1. The summed E-state index contributed by atoms with van der Waals surface area (Å²) in [6.07, 6.45) is 0.658. The van der Waals surface area contributed by atoms with E-state index in [1.54, 1.807) is 23.5 Å². The highest BCUT2D eigenvalue weighted by molar-refractivity contribution is 7.13. The minimum atomic E-state index is -0.223. The Morgan fingerprint density at radius 2 is 1.79 bits per heavy atom. The summed E-state index contributed by atoms with van der Waals surface area (Å²) in [4.78, 5) is 25.5. The van der Waals surface area contributed by atoms with E-state index in [-0.39, 0.29) is 11.8 Å². The van der Waals surface area contributed by atoms with Crippen molar-refractivity contribution in [1.29, 1.82) is 0 Å². The molecule has 8 heteroatoms. The number of amides is 2. The predicted molar refractivity (Wildman–Crippen MR) is 95.5 cm³/mol. The first kappa shape index (κ1) is 16.4. The van der Waals surface area contributed by atoms with Crippen LogP contribution >= 0.6 is 22.7 Å². The Morgan fingerprint density at radius 3 is 2.50 bits per heavy atom. The van der Waals surface area contributed by atoms with Gasteiger partial charge in [0.05, 0.1) is 15.4 Å². The lowest BCUT2D eigenvalue weighted by atomic mass is 10.3. The Balaban J connectivity index is 1.39. The van der Waals surface area contributed by atoms with Crippen LogP contribution < -0.4 is 10.6 Å². The fourth-order valence-corrected chi connectivity index (χ4v) is 3.41. The minimum absolute atomic E-state index is 0.0794. The molecule has 3 rings (SSSR count). The second-order valence-electron chi connectivity index (χ2n) is 4.99. The third-order valence-electron chi connectivity index (χ3n) is 3.27. The van der Waals surface area contributed by atoms with Crippen LogP contribution in [0.3, 0.4) is 0 Å². The molecule has 3 N–H and O–H groups in total. The summed E-state index contributed by atoms with van der Waals surface area (Å²) >= 11 is 2.99. The van der Waals surface area contributed by atoms with Crippen LogP contribution in [-0.2, 0) is 0 Å². The smallest absolute Gasteiger partial charge is 0.271 e. The lowest BCUT2D eigenvalue weighted by Crippen LogP contribution is -2.29. The number of hydrogen-bond donors (Lipinski definition) is 3. The van der Waals surface area contributed by atoms with Gasteiger partial charge in [0, 0.05) is 13.1 Å². The van der Waals surface area contributed by atoms with Crippen molar-refractivity contribution in [2.24, 2.45) is 0 Å². The van der Waals surface area contributed by atoms with Gasteiger partial charge in [-0.05, 0) is 35.4 Å². The van der Waals surface area contributed by atoms with E-state index in [1.807, 2.05) is 29.0 Å². The largest absolute Gasteiger partial charge is 0.351 e. The molecule has 0 aliphatic rings. The fourth-order valence-electron chi connectivity index (χ4n) is 2.07. The van der Waals surface area contributed by atoms with Crippen molar-refractivity contribution in [2.75, 3.05) is 13.1 Å². The number of aromatic nitrogens is 2. The van der Waals surface area contributed by atoms with E-state index in [4.69, 9.17) is 0 Å². The maximum Gasteiger partial charge on any atom is 0.271 e. The molecule has 0 spiro atoms. The summed E-state index contributed by atoms with van der Waals surface area (Å²) in [6.45, 7) is 0.989. The van der Waals surface area contributed by atoms with Crippen LogP contribution in [0.2, 0.25) is 0 Å². The van der Waals surface area contributed by atoms with Gasteiger partial charge in [-0.15, -0.1) is 22.7 Å². The number of H-pyrrole nitrogens is 1. The van der Waals surface area contributed by atoms with Gasteiger partial charge in [-0.1, -0.05) is 12.1 Å². The van der Waals surface area contributed by atoms with Gasteiger partial charge in [-0.2, -0.15) is 5.10 Å². The minimum Gasteiger partial charge on any atom is -0.351 e. The number of nitrogens with one attached hydrogen (secondary N) is 3. The number of carbonyl (C=O) groups excluding carboxylic acids is 2. The van der Waals surface area contributed by atoms with Crippen LogP contribution in [0.5, 0.6) is 0 Å². The normalized spacial score (nSPS) is 10.5. The first-order valence-corrected chi connectivity index (χ1v) is 9.19. The molecule has 0 radical (unpaired) electrons. The van der Waals surface area contributed by atoms with Crippen molar-refractivity contribution >= 4 is 34.5 Å². The van der Waals surface area contributed by atoms with Gasteiger partial charge in [0.15, 0.2) is 5.69 Å². The fraction of sp³-hybridized carbons (Fsp3) is 0.188. The zero-order valence-corrected chi connectivity index (χ0v) is 14.4. The Hall–Kier alpha value is -2.45. The lowest BCUT2D eigenvalue weighted by Gasteiger charge is -2.04. The van der Waals surface area contributed by atoms with Gasteiger partial charge in [0.25, 0.3) is 11.8 Å². The molecule has 3 heterocycles. The van der Waals surface area contributed by atoms with Gasteiger partial charge >= 0.3 is 0 Å². The summed E-state index contributed by atoms with van der Waals surface area (Å²) in [5, 5.41) is 16.4. The third kappa shape index (κ3) is 4.09. The average molecular weight is 360 g/mol. The van der Waals surface area contributed by atoms with Crippen molar-refractivity contribution in [2.45, 2.75) is 6.42 Å². The highest BCUT2D eigenvalue weighted by Crippen LogP contribution is 2.22. The van der Waals surface area contributed by atoms with E-state index in [9.17, 15) is 9.59 Å². The molecule has 124 valence electrons. The maximum absolute atomic E-state index is 12.0. The number of thiophene rings is 2. The first-order chi connectivity index (χ1) is 11.7. The third-order valence-corrected chi connectivity index (χ3v) is 5.04. The molecule has 0 saturated carbocycles. The Morgan fingerprint density at radius 1 is 1.04 bits per heavy atom. The molecule has 2 amide bonds. The zero-order chi connectivity index (χ0) is 16.8. The predicted octanol–water partition coefficient (Wildman–Crippen LogP) is 2.75. The molecule has 24 heavy (non-hydrogen) atoms. The van der Waals surface area contributed by atoms with E-state index in [0.717, 1.165) is 10.6 Å². The van der Waals surface area contributed by atoms with Crippen molar-refractivity contribution in [3.63, 3.8) is 0 Å². The molecule has 0 aromatic carbocycles. The highest BCUT2D eigenvalue weighted by atomic mass is 32.1. The maximum atomic E-state index is 12.0. The number of hydrogen-bond acceptors (Lipinski definition) is 5. The monoisotopic (exact) mass is 360 g/mol. The van der Waals surface area contributed by atoms with Crippen LogP contribution in [0.25, 0.3) is 10.6 Å². The van der Waals surface area contributed by atoms with E-state index in [1.165, 1.54) is 11.3 Å². The summed E-state index contributed by atoms with van der Waals surface area (Å²) < 4.78 is 0. The van der Waals surface area contributed by atoms with Crippen LogP contribution in [-0.4, -0.2) is 35.1 Å². The van der Waals surface area contributed by atoms with E-state index in [2.05, 4.69) is 20.8 Å². The van der Waals surface area contributed by atoms with Crippen molar-refractivity contribution in [1.82, 2.24) is 20.8 Å².